The summed E-state index contributed by atoms with van der Waals surface area (Å²) >= 11 is 0. The van der Waals surface area contributed by atoms with Crippen LogP contribution in [0.3, 0.4) is 0 Å². The molecule has 1 N–H and O–H groups in total. The molecule has 2 rings (SSSR count). The van der Waals surface area contributed by atoms with E-state index < -0.39 is 17.6 Å². The minimum atomic E-state index is -0.976. The normalized spacial score (nSPS) is 10.6. The van der Waals surface area contributed by atoms with Crippen molar-refractivity contribution < 1.29 is 18.3 Å². The minimum absolute atomic E-state index is 0.191. The van der Waals surface area contributed by atoms with E-state index in [1.165, 1.54) is 13.1 Å². The molecule has 0 amide bonds. The van der Waals surface area contributed by atoms with Crippen LogP contribution in [0.5, 0.6) is 5.75 Å². The third-order valence-corrected chi connectivity index (χ3v) is 1.94. The first-order valence-corrected chi connectivity index (χ1v) is 4.22. The van der Waals surface area contributed by atoms with Gasteiger partial charge in [-0.2, -0.15) is 0 Å². The zero-order chi connectivity index (χ0) is 11.0. The molecule has 15 heavy (non-hydrogen) atoms. The van der Waals surface area contributed by atoms with Crippen molar-refractivity contribution in [3.63, 3.8) is 0 Å². The van der Waals surface area contributed by atoms with E-state index in [2.05, 4.69) is 4.98 Å². The number of aromatic nitrogens is 1. The first-order valence-electron chi connectivity index (χ1n) is 4.22. The lowest BCUT2D eigenvalue weighted by molar-refractivity contribution is -0.131. The van der Waals surface area contributed by atoms with Gasteiger partial charge in [0.2, 0.25) is 0 Å². The first kappa shape index (κ1) is 9.64. The summed E-state index contributed by atoms with van der Waals surface area (Å²) in [6.45, 7) is 1.23. The molecule has 0 aliphatic rings. The predicted octanol–water partition coefficient (Wildman–Crippen LogP) is 2.37. The zero-order valence-corrected chi connectivity index (χ0v) is 7.80. The van der Waals surface area contributed by atoms with Crippen molar-refractivity contribution in [2.24, 2.45) is 0 Å². The van der Waals surface area contributed by atoms with E-state index in [1.807, 2.05) is 0 Å². The van der Waals surface area contributed by atoms with E-state index in [4.69, 9.17) is 4.74 Å². The van der Waals surface area contributed by atoms with Gasteiger partial charge in [-0.15, -0.1) is 0 Å². The molecule has 0 saturated heterocycles. The van der Waals surface area contributed by atoms with Crippen molar-refractivity contribution in [1.82, 2.24) is 4.98 Å². The molecule has 0 aliphatic carbocycles. The first-order chi connectivity index (χ1) is 7.08. The Bertz CT molecular complexity index is 533. The summed E-state index contributed by atoms with van der Waals surface area (Å²) in [5.41, 5.74) is 0.380. The van der Waals surface area contributed by atoms with Crippen LogP contribution in [0, 0.1) is 11.6 Å². The minimum Gasteiger partial charge on any atom is -0.424 e. The number of rotatable bonds is 1. The molecule has 0 radical (unpaired) electrons. The lowest BCUT2D eigenvalue weighted by Gasteiger charge is -1.98. The Morgan fingerprint density at radius 1 is 1.33 bits per heavy atom. The van der Waals surface area contributed by atoms with Crippen molar-refractivity contribution in [2.45, 2.75) is 6.92 Å². The van der Waals surface area contributed by atoms with Crippen LogP contribution in [0.4, 0.5) is 8.78 Å². The van der Waals surface area contributed by atoms with E-state index in [9.17, 15) is 13.6 Å². The Morgan fingerprint density at radius 3 is 2.67 bits per heavy atom. The van der Waals surface area contributed by atoms with Gasteiger partial charge in [-0.1, -0.05) is 0 Å². The van der Waals surface area contributed by atoms with Crippen LogP contribution in [-0.2, 0) is 4.79 Å². The highest BCUT2D eigenvalue weighted by Gasteiger charge is 2.11. The Kier molecular flexibility index (Phi) is 2.15. The molecule has 0 unspecified atom stereocenters. The van der Waals surface area contributed by atoms with Gasteiger partial charge in [0.25, 0.3) is 0 Å². The fourth-order valence-electron chi connectivity index (χ4n) is 1.33. The molecule has 0 spiro atoms. The number of nitrogens with one attached hydrogen (secondary N) is 1. The van der Waals surface area contributed by atoms with Gasteiger partial charge in [0.05, 0.1) is 5.52 Å². The summed E-state index contributed by atoms with van der Waals surface area (Å²) in [5.74, 6) is -2.24. The third-order valence-electron chi connectivity index (χ3n) is 1.94. The fraction of sp³-hybridized carbons (Fsp3) is 0.100. The second kappa shape index (κ2) is 3.34. The quantitative estimate of drug-likeness (QED) is 0.736. The molecular formula is C10H7F2NO2. The Hall–Kier alpha value is -1.91. The Balaban J connectivity index is 2.59. The molecule has 1 aromatic carbocycles. The van der Waals surface area contributed by atoms with Gasteiger partial charge in [0.1, 0.15) is 0 Å². The summed E-state index contributed by atoms with van der Waals surface area (Å²) in [5, 5.41) is 0.337. The number of benzene rings is 1. The number of aromatic amines is 1. The van der Waals surface area contributed by atoms with Crippen molar-refractivity contribution in [3.05, 3.63) is 30.0 Å². The fourth-order valence-corrected chi connectivity index (χ4v) is 1.33. The van der Waals surface area contributed by atoms with E-state index in [1.54, 1.807) is 0 Å². The molecule has 0 atom stereocenters. The number of carbonyl (C=O) groups excluding carboxylic acids is 1. The molecule has 1 heterocycles. The van der Waals surface area contributed by atoms with Gasteiger partial charge in [0.15, 0.2) is 17.4 Å². The number of carbonyl (C=O) groups is 1. The monoisotopic (exact) mass is 211 g/mol. The third kappa shape index (κ3) is 1.68. The highest BCUT2D eigenvalue weighted by atomic mass is 19.2. The summed E-state index contributed by atoms with van der Waals surface area (Å²) < 4.78 is 30.5. The lowest BCUT2D eigenvalue weighted by atomic mass is 10.2. The molecule has 0 bridgehead atoms. The van der Waals surface area contributed by atoms with E-state index in [0.717, 1.165) is 12.1 Å². The average molecular weight is 211 g/mol. The largest absolute Gasteiger partial charge is 0.424 e. The van der Waals surface area contributed by atoms with Gasteiger partial charge in [-0.05, 0) is 6.07 Å². The molecular weight excluding hydrogens is 204 g/mol. The van der Waals surface area contributed by atoms with Crippen LogP contribution in [0.1, 0.15) is 6.92 Å². The van der Waals surface area contributed by atoms with Crippen molar-refractivity contribution in [3.8, 4) is 5.75 Å². The predicted molar refractivity (Wildman–Crippen MR) is 49.5 cm³/mol. The van der Waals surface area contributed by atoms with Crippen molar-refractivity contribution >= 4 is 16.9 Å². The van der Waals surface area contributed by atoms with Gasteiger partial charge in [-0.3, -0.25) is 4.79 Å². The SMILES string of the molecule is CC(=O)Oc1c[nH]c2cc(F)c(F)cc12. The Morgan fingerprint density at radius 2 is 2.00 bits per heavy atom. The number of hydrogen-bond acceptors (Lipinski definition) is 2. The van der Waals surface area contributed by atoms with Gasteiger partial charge in [0, 0.05) is 24.6 Å². The average Bonchev–Trinajstić information content (AvgIpc) is 2.49. The van der Waals surface area contributed by atoms with Crippen molar-refractivity contribution in [1.29, 1.82) is 0 Å². The molecule has 0 saturated carbocycles. The topological polar surface area (TPSA) is 42.1 Å². The van der Waals surface area contributed by atoms with Crippen LogP contribution in [0.2, 0.25) is 0 Å². The molecule has 5 heteroatoms. The summed E-state index contributed by atoms with van der Waals surface area (Å²) in [6, 6.07) is 2.00. The lowest BCUT2D eigenvalue weighted by Crippen LogP contribution is -2.00. The second-order valence-corrected chi connectivity index (χ2v) is 3.06. The highest BCUT2D eigenvalue weighted by molar-refractivity contribution is 5.88. The molecule has 0 aliphatic heterocycles. The molecule has 0 fully saturated rings. The van der Waals surface area contributed by atoms with E-state index in [0.29, 0.717) is 10.9 Å². The summed E-state index contributed by atoms with van der Waals surface area (Å²) in [6.07, 6.45) is 1.38. The number of H-pyrrole nitrogens is 1. The number of halogens is 2. The number of fused-ring (bicyclic) bond motifs is 1. The van der Waals surface area contributed by atoms with Gasteiger partial charge < -0.3 is 9.72 Å². The zero-order valence-electron chi connectivity index (χ0n) is 7.80. The molecule has 2 aromatic rings. The Labute approximate surface area is 83.7 Å². The van der Waals surface area contributed by atoms with E-state index in [-0.39, 0.29) is 5.75 Å². The number of hydrogen-bond donors (Lipinski definition) is 1. The van der Waals surface area contributed by atoms with Gasteiger partial charge in [-0.25, -0.2) is 8.78 Å². The molecule has 1 aromatic heterocycles. The highest BCUT2D eigenvalue weighted by Crippen LogP contribution is 2.27. The maximum absolute atomic E-state index is 12.9. The molecule has 78 valence electrons. The van der Waals surface area contributed by atoms with Crippen LogP contribution < -0.4 is 4.74 Å². The van der Waals surface area contributed by atoms with Crippen LogP contribution in [0.25, 0.3) is 10.9 Å². The smallest absolute Gasteiger partial charge is 0.308 e. The van der Waals surface area contributed by atoms with Crippen LogP contribution in [-0.4, -0.2) is 11.0 Å². The number of ether oxygens (including phenoxy) is 1. The van der Waals surface area contributed by atoms with Crippen LogP contribution in [0.15, 0.2) is 18.3 Å². The van der Waals surface area contributed by atoms with Gasteiger partial charge >= 0.3 is 5.97 Å². The summed E-state index contributed by atoms with van der Waals surface area (Å²) in [4.78, 5) is 13.4. The van der Waals surface area contributed by atoms with Crippen LogP contribution >= 0.6 is 0 Å². The second-order valence-electron chi connectivity index (χ2n) is 3.06. The summed E-state index contributed by atoms with van der Waals surface area (Å²) in [7, 11) is 0. The standard InChI is InChI=1S/C10H7F2NO2/c1-5(14)15-10-4-13-9-3-8(12)7(11)2-6(9)10/h2-4,13H,1H3. The maximum Gasteiger partial charge on any atom is 0.308 e. The van der Waals surface area contributed by atoms with Crippen molar-refractivity contribution in [2.75, 3.05) is 0 Å². The van der Waals surface area contributed by atoms with E-state index >= 15 is 0 Å². The number of esters is 1. The maximum atomic E-state index is 12.9. The molecule has 3 nitrogen and oxygen atoms in total.